The minimum atomic E-state index is -0.584. The number of anilines is 3. The van der Waals surface area contributed by atoms with Crippen molar-refractivity contribution in [1.29, 1.82) is 5.26 Å². The van der Waals surface area contributed by atoms with Gasteiger partial charge in [0.05, 0.1) is 5.69 Å². The number of nitrogens with zero attached hydrogens (tertiary/aromatic N) is 3. The first-order chi connectivity index (χ1) is 9.67. The Bertz CT molecular complexity index is 642. The topological polar surface area (TPSA) is 99.6 Å². The van der Waals surface area contributed by atoms with E-state index in [9.17, 15) is 4.39 Å². The largest absolute Gasteiger partial charge is 0.339 e. The molecule has 20 heavy (non-hydrogen) atoms. The van der Waals surface area contributed by atoms with Crippen molar-refractivity contribution in [2.75, 3.05) is 10.7 Å². The highest BCUT2D eigenvalue weighted by atomic mass is 19.1. The molecule has 0 saturated heterocycles. The lowest BCUT2D eigenvalue weighted by molar-refractivity contribution is 0.624. The zero-order valence-corrected chi connectivity index (χ0v) is 10.8. The van der Waals surface area contributed by atoms with E-state index in [1.54, 1.807) is 12.1 Å². The smallest absolute Gasteiger partial charge is 0.145 e. The molecule has 1 heterocycles. The molecule has 0 radical (unpaired) electrons. The van der Waals surface area contributed by atoms with Gasteiger partial charge in [-0.1, -0.05) is 13.0 Å². The second-order valence-electron chi connectivity index (χ2n) is 3.95. The van der Waals surface area contributed by atoms with Crippen LogP contribution in [0, 0.1) is 17.1 Å². The third-order valence-corrected chi connectivity index (χ3v) is 2.62. The lowest BCUT2D eigenvalue weighted by Crippen LogP contribution is -2.11. The van der Waals surface area contributed by atoms with Crippen LogP contribution in [0.4, 0.5) is 21.7 Å². The van der Waals surface area contributed by atoms with E-state index >= 15 is 0 Å². The Balaban J connectivity index is 2.40. The van der Waals surface area contributed by atoms with Crippen LogP contribution in [0.15, 0.2) is 24.3 Å². The zero-order chi connectivity index (χ0) is 14.5. The average Bonchev–Trinajstić information content (AvgIpc) is 2.47. The summed E-state index contributed by atoms with van der Waals surface area (Å²) in [4.78, 5) is 8.40. The summed E-state index contributed by atoms with van der Waals surface area (Å²) in [5.41, 5.74) is 2.72. The van der Waals surface area contributed by atoms with Crippen LogP contribution in [-0.2, 0) is 6.42 Å². The van der Waals surface area contributed by atoms with E-state index in [1.165, 1.54) is 12.1 Å². The summed E-state index contributed by atoms with van der Waals surface area (Å²) in [7, 11) is 0. The van der Waals surface area contributed by atoms with Crippen LogP contribution in [0.1, 0.15) is 18.3 Å². The number of nitrogens with two attached hydrogens (primary N) is 1. The van der Waals surface area contributed by atoms with Crippen molar-refractivity contribution in [2.45, 2.75) is 13.3 Å². The second-order valence-corrected chi connectivity index (χ2v) is 3.95. The number of benzene rings is 1. The molecule has 0 unspecified atom stereocenters. The Morgan fingerprint density at radius 3 is 2.75 bits per heavy atom. The molecule has 0 aliphatic heterocycles. The van der Waals surface area contributed by atoms with Crippen molar-refractivity contribution in [1.82, 2.24) is 9.97 Å². The summed E-state index contributed by atoms with van der Waals surface area (Å²) < 4.78 is 13.5. The number of nitrogens with one attached hydrogen (secondary N) is 2. The standard InChI is InChI=1S/C13H13FN6/c1-2-11-18-12(6-13(19-11)20-16)17-10-5-3-4-9(14)8(10)7-15/h3-6H,2,16H2,1H3,(H2,17,18,19,20). The predicted molar refractivity (Wildman–Crippen MR) is 73.6 cm³/mol. The van der Waals surface area contributed by atoms with Crippen LogP contribution in [0.2, 0.25) is 0 Å². The Hall–Kier alpha value is -2.72. The Labute approximate surface area is 115 Å². The van der Waals surface area contributed by atoms with Gasteiger partial charge in [-0.25, -0.2) is 20.2 Å². The maximum atomic E-state index is 13.5. The summed E-state index contributed by atoms with van der Waals surface area (Å²) >= 11 is 0. The molecule has 0 saturated carbocycles. The monoisotopic (exact) mass is 272 g/mol. The van der Waals surface area contributed by atoms with E-state index in [1.807, 2.05) is 13.0 Å². The lowest BCUT2D eigenvalue weighted by Gasteiger charge is -2.10. The molecule has 0 amide bonds. The maximum Gasteiger partial charge on any atom is 0.145 e. The number of hydrazine groups is 1. The molecule has 7 heteroatoms. The summed E-state index contributed by atoms with van der Waals surface area (Å²) in [5, 5.41) is 11.9. The van der Waals surface area contributed by atoms with Gasteiger partial charge in [0.2, 0.25) is 0 Å². The first kappa shape index (κ1) is 13.7. The van der Waals surface area contributed by atoms with Gasteiger partial charge >= 0.3 is 0 Å². The number of nitrogen functional groups attached to an aromatic ring is 1. The maximum absolute atomic E-state index is 13.5. The summed E-state index contributed by atoms with van der Waals surface area (Å²) in [6.45, 7) is 1.91. The predicted octanol–water partition coefficient (Wildman–Crippen LogP) is 2.08. The minimum Gasteiger partial charge on any atom is -0.339 e. The van der Waals surface area contributed by atoms with E-state index in [-0.39, 0.29) is 5.56 Å². The van der Waals surface area contributed by atoms with Gasteiger partial charge in [0.1, 0.15) is 34.9 Å². The third-order valence-electron chi connectivity index (χ3n) is 2.62. The number of aromatic nitrogens is 2. The van der Waals surface area contributed by atoms with Gasteiger partial charge < -0.3 is 10.7 Å². The van der Waals surface area contributed by atoms with Gasteiger partial charge in [0.25, 0.3) is 0 Å². The molecule has 2 aromatic rings. The van der Waals surface area contributed by atoms with Gasteiger partial charge in [0.15, 0.2) is 0 Å². The lowest BCUT2D eigenvalue weighted by atomic mass is 10.2. The number of halogens is 1. The molecule has 0 aliphatic rings. The number of hydrogen-bond donors (Lipinski definition) is 3. The average molecular weight is 272 g/mol. The van der Waals surface area contributed by atoms with Gasteiger partial charge in [-0.3, -0.25) is 0 Å². The van der Waals surface area contributed by atoms with Gasteiger partial charge in [-0.15, -0.1) is 0 Å². The number of aryl methyl sites for hydroxylation is 1. The molecule has 6 nitrogen and oxygen atoms in total. The summed E-state index contributed by atoms with van der Waals surface area (Å²) in [5.74, 6) is 6.21. The Kier molecular flexibility index (Phi) is 4.08. The summed E-state index contributed by atoms with van der Waals surface area (Å²) in [6, 6.07) is 7.74. The first-order valence-electron chi connectivity index (χ1n) is 5.98. The molecule has 0 bridgehead atoms. The van der Waals surface area contributed by atoms with Gasteiger partial charge in [-0.05, 0) is 12.1 Å². The molecule has 102 valence electrons. The number of nitriles is 1. The van der Waals surface area contributed by atoms with E-state index < -0.39 is 5.82 Å². The number of rotatable bonds is 4. The second kappa shape index (κ2) is 5.95. The van der Waals surface area contributed by atoms with E-state index in [4.69, 9.17) is 11.1 Å². The molecular weight excluding hydrogens is 259 g/mol. The van der Waals surface area contributed by atoms with Gasteiger partial charge in [-0.2, -0.15) is 5.26 Å². The summed E-state index contributed by atoms with van der Waals surface area (Å²) in [6.07, 6.45) is 0.623. The van der Waals surface area contributed by atoms with Crippen molar-refractivity contribution >= 4 is 17.3 Å². The molecule has 2 rings (SSSR count). The highest BCUT2D eigenvalue weighted by molar-refractivity contribution is 5.66. The third kappa shape index (κ3) is 2.81. The van der Waals surface area contributed by atoms with Crippen molar-refractivity contribution in [3.8, 4) is 6.07 Å². The Morgan fingerprint density at radius 2 is 2.10 bits per heavy atom. The number of hydrogen-bond acceptors (Lipinski definition) is 6. The molecule has 4 N–H and O–H groups in total. The normalized spacial score (nSPS) is 9.90. The minimum absolute atomic E-state index is 0.0635. The molecule has 0 aliphatic carbocycles. The Morgan fingerprint density at radius 1 is 1.35 bits per heavy atom. The van der Waals surface area contributed by atoms with Crippen LogP contribution >= 0.6 is 0 Å². The fourth-order valence-electron chi connectivity index (χ4n) is 1.67. The van der Waals surface area contributed by atoms with Crippen LogP contribution in [-0.4, -0.2) is 9.97 Å². The van der Waals surface area contributed by atoms with E-state index in [0.29, 0.717) is 29.6 Å². The quantitative estimate of drug-likeness (QED) is 0.582. The molecule has 0 spiro atoms. The van der Waals surface area contributed by atoms with Crippen molar-refractivity contribution in [3.05, 3.63) is 41.5 Å². The van der Waals surface area contributed by atoms with Crippen molar-refractivity contribution in [2.24, 2.45) is 5.84 Å². The van der Waals surface area contributed by atoms with Crippen LogP contribution < -0.4 is 16.6 Å². The zero-order valence-electron chi connectivity index (χ0n) is 10.8. The van der Waals surface area contributed by atoms with E-state index in [0.717, 1.165) is 0 Å². The molecule has 1 aromatic heterocycles. The molecule has 0 fully saturated rings. The van der Waals surface area contributed by atoms with E-state index in [2.05, 4.69) is 20.7 Å². The molecule has 1 aromatic carbocycles. The van der Waals surface area contributed by atoms with Crippen molar-refractivity contribution < 1.29 is 4.39 Å². The fourth-order valence-corrected chi connectivity index (χ4v) is 1.67. The fraction of sp³-hybridized carbons (Fsp3) is 0.154. The first-order valence-corrected chi connectivity index (χ1v) is 5.98. The van der Waals surface area contributed by atoms with Crippen LogP contribution in [0.5, 0.6) is 0 Å². The highest BCUT2D eigenvalue weighted by Crippen LogP contribution is 2.22. The highest BCUT2D eigenvalue weighted by Gasteiger charge is 2.09. The van der Waals surface area contributed by atoms with Crippen molar-refractivity contribution in [3.63, 3.8) is 0 Å². The van der Waals surface area contributed by atoms with Crippen LogP contribution in [0.3, 0.4) is 0 Å². The SMILES string of the molecule is CCc1nc(NN)cc(Nc2cccc(F)c2C#N)n1. The molecular formula is C13H13FN6. The van der Waals surface area contributed by atoms with Crippen LogP contribution in [0.25, 0.3) is 0 Å². The molecule has 0 atom stereocenters. The van der Waals surface area contributed by atoms with Gasteiger partial charge in [0, 0.05) is 12.5 Å².